The second kappa shape index (κ2) is 14.8. The highest BCUT2D eigenvalue weighted by Gasteiger charge is 2.39. The molecule has 2 aromatic heterocycles. The predicted octanol–water partition coefficient (Wildman–Crippen LogP) is 7.12. The van der Waals surface area contributed by atoms with Crippen molar-refractivity contribution in [1.29, 1.82) is 0 Å². The summed E-state index contributed by atoms with van der Waals surface area (Å²) in [6.45, 7) is 5.01. The number of likely N-dealkylation sites (tertiary alicyclic amines) is 1. The molecule has 2 fully saturated rings. The first kappa shape index (κ1) is 37.1. The maximum absolute atomic E-state index is 17.1. The normalized spacial score (nSPS) is 18.3. The zero-order valence-corrected chi connectivity index (χ0v) is 30.2. The Morgan fingerprint density at radius 1 is 1.12 bits per heavy atom. The third-order valence-corrected chi connectivity index (χ3v) is 10.1. The number of rotatable bonds is 9. The lowest BCUT2D eigenvalue weighted by Gasteiger charge is -2.39. The number of aromatic nitrogens is 3. The number of halogens is 5. The number of benzene rings is 2. The van der Waals surface area contributed by atoms with Crippen molar-refractivity contribution in [3.63, 3.8) is 0 Å². The Labute approximate surface area is 303 Å². The van der Waals surface area contributed by atoms with Crippen LogP contribution in [0.2, 0.25) is 5.02 Å². The number of methoxy groups -OCH3 is 1. The van der Waals surface area contributed by atoms with Gasteiger partial charge in [0.05, 0.1) is 29.0 Å². The van der Waals surface area contributed by atoms with Gasteiger partial charge in [-0.25, -0.2) is 14.2 Å². The summed E-state index contributed by atoms with van der Waals surface area (Å²) in [7, 11) is 5.20. The number of fused-ring (bicyclic) bond motifs is 1. The summed E-state index contributed by atoms with van der Waals surface area (Å²) in [5, 5.41) is 9.40. The van der Waals surface area contributed by atoms with Crippen LogP contribution in [0.1, 0.15) is 36.5 Å². The lowest BCUT2D eigenvalue weighted by molar-refractivity contribution is -0.137. The molecule has 2 aliphatic heterocycles. The second-order valence-corrected chi connectivity index (χ2v) is 13.8. The summed E-state index contributed by atoms with van der Waals surface area (Å²) < 4.78 is 72.7. The Hall–Kier alpha value is -4.63. The van der Waals surface area contributed by atoms with Crippen LogP contribution in [0.4, 0.5) is 34.0 Å². The molecule has 2 aliphatic rings. The molecule has 0 aliphatic carbocycles. The number of pyridine rings is 1. The van der Waals surface area contributed by atoms with Crippen molar-refractivity contribution in [2.24, 2.45) is 0 Å². The van der Waals surface area contributed by atoms with Gasteiger partial charge >= 0.3 is 18.3 Å². The average molecular weight is 746 g/mol. The van der Waals surface area contributed by atoms with E-state index in [2.05, 4.69) is 19.9 Å². The molecule has 1 amide bonds. The van der Waals surface area contributed by atoms with Crippen molar-refractivity contribution in [3.05, 3.63) is 63.9 Å². The fourth-order valence-corrected chi connectivity index (χ4v) is 7.22. The van der Waals surface area contributed by atoms with Gasteiger partial charge in [-0.05, 0) is 75.7 Å². The van der Waals surface area contributed by atoms with Crippen LogP contribution in [-0.2, 0) is 12.7 Å². The van der Waals surface area contributed by atoms with Crippen LogP contribution in [0.3, 0.4) is 0 Å². The molecule has 2 atom stereocenters. The van der Waals surface area contributed by atoms with E-state index in [-0.39, 0.29) is 78.0 Å². The quantitative estimate of drug-likeness (QED) is 0.178. The molecular formula is C36H40ClF4N7O4. The van der Waals surface area contributed by atoms with Gasteiger partial charge in [0.2, 0.25) is 0 Å². The average Bonchev–Trinajstić information content (AvgIpc) is 3.51. The second-order valence-electron chi connectivity index (χ2n) is 13.4. The number of hydrogen-bond donors (Lipinski definition) is 1. The fourth-order valence-electron chi connectivity index (χ4n) is 6.94. The molecule has 52 heavy (non-hydrogen) atoms. The number of likely N-dealkylation sites (N-methyl/N-ethyl adjacent to an activating group) is 1. The Morgan fingerprint density at radius 3 is 2.46 bits per heavy atom. The first-order chi connectivity index (χ1) is 24.7. The summed E-state index contributed by atoms with van der Waals surface area (Å²) in [5.74, 6) is -0.0527. The molecule has 0 saturated carbocycles. The topological polar surface area (TPSA) is 107 Å². The molecular weight excluding hydrogens is 706 g/mol. The zero-order valence-electron chi connectivity index (χ0n) is 29.5. The van der Waals surface area contributed by atoms with Gasteiger partial charge in [0.25, 0.3) is 0 Å². The van der Waals surface area contributed by atoms with Crippen molar-refractivity contribution < 1.29 is 36.9 Å². The fraction of sp³-hybridized carbons (Fsp3) is 0.444. The molecule has 6 rings (SSSR count). The number of nitrogens with zero attached hydrogens (tertiary/aromatic N) is 7. The summed E-state index contributed by atoms with van der Waals surface area (Å²) in [5.41, 5.74) is -1.97. The van der Waals surface area contributed by atoms with Gasteiger partial charge in [-0.3, -0.25) is 0 Å². The van der Waals surface area contributed by atoms with Crippen molar-refractivity contribution in [1.82, 2.24) is 24.8 Å². The van der Waals surface area contributed by atoms with Crippen molar-refractivity contribution in [3.8, 4) is 23.0 Å². The number of hydrogen-bond acceptors (Lipinski definition) is 9. The number of aryl methyl sites for hydroxylation is 1. The first-order valence-electron chi connectivity index (χ1n) is 16.9. The number of carboxylic acid groups (broad SMARTS) is 1. The van der Waals surface area contributed by atoms with E-state index in [1.807, 2.05) is 24.1 Å². The summed E-state index contributed by atoms with van der Waals surface area (Å²) in [6.07, 6.45) is -4.10. The minimum atomic E-state index is -4.90. The zero-order chi connectivity index (χ0) is 37.5. The monoisotopic (exact) mass is 745 g/mol. The predicted molar refractivity (Wildman–Crippen MR) is 190 cm³/mol. The van der Waals surface area contributed by atoms with Crippen molar-refractivity contribution >= 4 is 40.2 Å². The van der Waals surface area contributed by atoms with E-state index < -0.39 is 40.9 Å². The molecule has 1 N–H and O–H groups in total. The van der Waals surface area contributed by atoms with E-state index in [1.165, 1.54) is 24.0 Å². The SMILES string of the molecule is COc1ccc(CN(C)c2cc(C)c(C(F)(F)F)c(-c3c(Cl)cc4c(N5CCN(C(=O)O)C[C@@H]5C)nc(OCC5CCCN5C)nc4c3F)n2)cc1. The minimum absolute atomic E-state index is 0.0746. The molecule has 16 heteroatoms. The van der Waals surface area contributed by atoms with Gasteiger partial charge in [-0.15, -0.1) is 0 Å². The summed E-state index contributed by atoms with van der Waals surface area (Å²) in [6, 6.07) is 9.40. The highest BCUT2D eigenvalue weighted by molar-refractivity contribution is 6.34. The maximum Gasteiger partial charge on any atom is 0.418 e. The van der Waals surface area contributed by atoms with Crippen LogP contribution in [-0.4, -0.2) is 102 Å². The largest absolute Gasteiger partial charge is 0.497 e. The van der Waals surface area contributed by atoms with Crippen LogP contribution >= 0.6 is 11.6 Å². The maximum atomic E-state index is 17.1. The molecule has 0 radical (unpaired) electrons. The lowest BCUT2D eigenvalue weighted by Crippen LogP contribution is -2.53. The highest BCUT2D eigenvalue weighted by Crippen LogP contribution is 2.45. The van der Waals surface area contributed by atoms with E-state index in [0.717, 1.165) is 24.9 Å². The summed E-state index contributed by atoms with van der Waals surface area (Å²) >= 11 is 6.75. The van der Waals surface area contributed by atoms with Crippen molar-refractivity contribution in [2.45, 2.75) is 51.5 Å². The number of alkyl halides is 3. The third-order valence-electron chi connectivity index (χ3n) is 9.78. The van der Waals surface area contributed by atoms with E-state index in [4.69, 9.17) is 21.1 Å². The van der Waals surface area contributed by atoms with Gasteiger partial charge < -0.3 is 34.2 Å². The van der Waals surface area contributed by atoms with Gasteiger partial charge in [0.15, 0.2) is 5.82 Å². The van der Waals surface area contributed by atoms with Gasteiger partial charge in [0.1, 0.15) is 29.5 Å². The molecule has 11 nitrogen and oxygen atoms in total. The van der Waals surface area contributed by atoms with Crippen LogP contribution in [0.5, 0.6) is 11.8 Å². The molecule has 2 aromatic carbocycles. The first-order valence-corrected chi connectivity index (χ1v) is 17.2. The Bertz CT molecular complexity index is 1970. The van der Waals surface area contributed by atoms with Gasteiger partial charge in [-0.2, -0.15) is 23.1 Å². The molecule has 0 bridgehead atoms. The number of piperazine rings is 1. The van der Waals surface area contributed by atoms with Crippen LogP contribution in [0.15, 0.2) is 36.4 Å². The Kier molecular flexibility index (Phi) is 10.6. The van der Waals surface area contributed by atoms with Crippen LogP contribution < -0.4 is 19.3 Å². The highest BCUT2D eigenvalue weighted by atomic mass is 35.5. The molecule has 0 spiro atoms. The smallest absolute Gasteiger partial charge is 0.418 e. The molecule has 4 heterocycles. The molecule has 278 valence electrons. The lowest BCUT2D eigenvalue weighted by atomic mass is 9.98. The molecule has 2 saturated heterocycles. The molecule has 1 unspecified atom stereocenters. The standard InChI is InChI=1S/C36H40ClF4N7O4/c1-20-15-27(46(4)18-22-8-10-24(51-5)11-9-22)42-32(29(20)36(39,40)41)28-26(37)16-25-31(30(28)38)43-34(52-19-23-7-6-12-45(23)3)44-33(25)48-14-13-47(35(49)50)17-21(48)2/h8-11,15-16,21,23H,6-7,12-14,17-19H2,1-5H3,(H,49,50)/t21-,23?/m0/s1. The van der Waals surface area contributed by atoms with Crippen LogP contribution in [0.25, 0.3) is 22.2 Å². The number of amides is 1. The number of ether oxygens (including phenoxy) is 2. The van der Waals surface area contributed by atoms with E-state index >= 15 is 4.39 Å². The third kappa shape index (κ3) is 7.47. The van der Waals surface area contributed by atoms with Crippen LogP contribution in [0, 0.1) is 12.7 Å². The van der Waals surface area contributed by atoms with E-state index in [1.54, 1.807) is 38.1 Å². The van der Waals surface area contributed by atoms with Gasteiger partial charge in [0, 0.05) is 50.7 Å². The Balaban J connectivity index is 1.49. The Morgan fingerprint density at radius 2 is 1.85 bits per heavy atom. The number of carbonyl (C=O) groups is 1. The molecule has 4 aromatic rings. The van der Waals surface area contributed by atoms with Crippen molar-refractivity contribution in [2.75, 3.05) is 63.8 Å². The summed E-state index contributed by atoms with van der Waals surface area (Å²) in [4.78, 5) is 32.0. The van der Waals surface area contributed by atoms with Gasteiger partial charge in [-0.1, -0.05) is 23.7 Å². The van der Waals surface area contributed by atoms with E-state index in [0.29, 0.717) is 5.75 Å². The minimum Gasteiger partial charge on any atom is -0.497 e. The van der Waals surface area contributed by atoms with E-state index in [9.17, 15) is 23.1 Å². The number of anilines is 2.